The zero-order valence-electron chi connectivity index (χ0n) is 16.3. The molecule has 3 aromatic rings. The zero-order chi connectivity index (χ0) is 21.1. The summed E-state index contributed by atoms with van der Waals surface area (Å²) in [6.07, 6.45) is 1.33. The first-order valence-corrected chi connectivity index (χ1v) is 9.39. The van der Waals surface area contributed by atoms with Gasteiger partial charge in [0.2, 0.25) is 5.91 Å². The largest absolute Gasteiger partial charge is 0.323 e. The Morgan fingerprint density at radius 3 is 2.59 bits per heavy atom. The van der Waals surface area contributed by atoms with Gasteiger partial charge < -0.3 is 5.32 Å². The number of amides is 1. The molecule has 10 heteroatoms. The first kappa shape index (κ1) is 20.5. The van der Waals surface area contributed by atoms with Crippen LogP contribution >= 0.6 is 11.6 Å². The number of carbonyl (C=O) groups excluding carboxylic acids is 1. The normalized spacial score (nSPS) is 10.9. The summed E-state index contributed by atoms with van der Waals surface area (Å²) < 4.78 is 3.26. The van der Waals surface area contributed by atoms with Crippen LogP contribution in [0.5, 0.6) is 0 Å². The minimum Gasteiger partial charge on any atom is -0.323 e. The summed E-state index contributed by atoms with van der Waals surface area (Å²) in [7, 11) is 0. The number of hydrogen-bond acceptors (Lipinski definition) is 5. The van der Waals surface area contributed by atoms with E-state index in [0.29, 0.717) is 28.6 Å². The van der Waals surface area contributed by atoms with Crippen LogP contribution in [0.2, 0.25) is 5.02 Å². The first-order valence-electron chi connectivity index (χ1n) is 9.02. The van der Waals surface area contributed by atoms with Crippen LogP contribution < -0.4 is 5.32 Å². The van der Waals surface area contributed by atoms with Crippen LogP contribution in [0, 0.1) is 30.9 Å². The van der Waals surface area contributed by atoms with Crippen molar-refractivity contribution in [1.82, 2.24) is 19.6 Å². The van der Waals surface area contributed by atoms with Crippen molar-refractivity contribution < 1.29 is 9.72 Å². The zero-order valence-corrected chi connectivity index (χ0v) is 17.1. The maximum Gasteiger partial charge on any atom is 0.309 e. The number of anilines is 1. The Morgan fingerprint density at radius 2 is 1.93 bits per heavy atom. The molecule has 0 aliphatic rings. The summed E-state index contributed by atoms with van der Waals surface area (Å²) in [5.41, 5.74) is 3.48. The Morgan fingerprint density at radius 1 is 1.21 bits per heavy atom. The summed E-state index contributed by atoms with van der Waals surface area (Å²) in [4.78, 5) is 22.8. The second-order valence-electron chi connectivity index (χ2n) is 6.69. The van der Waals surface area contributed by atoms with Gasteiger partial charge in [0, 0.05) is 11.4 Å². The number of benzene rings is 1. The van der Waals surface area contributed by atoms with E-state index < -0.39 is 4.92 Å². The molecule has 1 amide bonds. The van der Waals surface area contributed by atoms with Crippen LogP contribution in [0.3, 0.4) is 0 Å². The van der Waals surface area contributed by atoms with Crippen LogP contribution in [0.4, 0.5) is 11.4 Å². The molecule has 3 rings (SSSR count). The molecule has 0 radical (unpaired) electrons. The molecule has 0 saturated heterocycles. The minimum absolute atomic E-state index is 0.0575. The molecule has 0 fully saturated rings. The smallest absolute Gasteiger partial charge is 0.309 e. The van der Waals surface area contributed by atoms with Gasteiger partial charge in [-0.2, -0.15) is 10.2 Å². The number of hydrogen-bond donors (Lipinski definition) is 1. The Bertz CT molecular complexity index is 1070. The van der Waals surface area contributed by atoms with Crippen LogP contribution in [-0.4, -0.2) is 30.4 Å². The molecule has 0 spiro atoms. The average molecular weight is 417 g/mol. The standard InChI is InChI=1S/C19H21ClN6O3/c1-12-19(14(3)25(23-12)11-15-6-4-5-7-16(15)20)22-18(27)8-9-24-13(2)17(10-21-24)26(28)29/h4-7,10H,8-9,11H2,1-3H3,(H,22,27). The highest BCUT2D eigenvalue weighted by molar-refractivity contribution is 6.31. The molecular weight excluding hydrogens is 396 g/mol. The molecule has 152 valence electrons. The van der Waals surface area contributed by atoms with Crippen LogP contribution in [0.1, 0.15) is 29.1 Å². The van der Waals surface area contributed by atoms with E-state index in [0.717, 1.165) is 11.3 Å². The van der Waals surface area contributed by atoms with E-state index in [1.807, 2.05) is 38.1 Å². The fraction of sp³-hybridized carbons (Fsp3) is 0.316. The fourth-order valence-corrected chi connectivity index (χ4v) is 3.27. The van der Waals surface area contributed by atoms with Crippen LogP contribution in [0.15, 0.2) is 30.5 Å². The predicted octanol–water partition coefficient (Wildman–Crippen LogP) is 3.64. The molecule has 0 saturated carbocycles. The number of aryl methyl sites for hydroxylation is 2. The van der Waals surface area contributed by atoms with Gasteiger partial charge in [0.05, 0.1) is 35.1 Å². The Hall–Kier alpha value is -3.20. The molecule has 9 nitrogen and oxygen atoms in total. The molecule has 1 N–H and O–H groups in total. The fourth-order valence-electron chi connectivity index (χ4n) is 3.07. The molecule has 1 aromatic carbocycles. The minimum atomic E-state index is -0.487. The topological polar surface area (TPSA) is 108 Å². The van der Waals surface area contributed by atoms with Gasteiger partial charge in [-0.05, 0) is 32.4 Å². The van der Waals surface area contributed by atoms with Crippen molar-refractivity contribution in [2.45, 2.75) is 40.3 Å². The highest BCUT2D eigenvalue weighted by Crippen LogP contribution is 2.23. The molecule has 0 aliphatic carbocycles. The predicted molar refractivity (Wildman–Crippen MR) is 109 cm³/mol. The van der Waals surface area contributed by atoms with Crippen molar-refractivity contribution in [2.24, 2.45) is 0 Å². The third-order valence-electron chi connectivity index (χ3n) is 4.75. The van der Waals surface area contributed by atoms with E-state index in [9.17, 15) is 14.9 Å². The van der Waals surface area contributed by atoms with Crippen LogP contribution in [0.25, 0.3) is 0 Å². The quantitative estimate of drug-likeness (QED) is 0.467. The van der Waals surface area contributed by atoms with Crippen molar-refractivity contribution in [3.05, 3.63) is 68.2 Å². The second-order valence-corrected chi connectivity index (χ2v) is 7.10. The maximum atomic E-state index is 12.4. The summed E-state index contributed by atoms with van der Waals surface area (Å²) >= 11 is 6.23. The highest BCUT2D eigenvalue weighted by Gasteiger charge is 2.18. The third kappa shape index (κ3) is 4.45. The number of aromatic nitrogens is 4. The number of nitrogens with zero attached hydrogens (tertiary/aromatic N) is 5. The number of carbonyl (C=O) groups is 1. The van der Waals surface area contributed by atoms with Crippen molar-refractivity contribution in [3.8, 4) is 0 Å². The molecule has 0 unspecified atom stereocenters. The van der Waals surface area contributed by atoms with Gasteiger partial charge in [0.1, 0.15) is 11.9 Å². The van der Waals surface area contributed by atoms with Gasteiger partial charge >= 0.3 is 5.69 Å². The Balaban J connectivity index is 1.67. The third-order valence-corrected chi connectivity index (χ3v) is 5.12. The SMILES string of the molecule is Cc1nn(Cc2ccccc2Cl)c(C)c1NC(=O)CCn1ncc([N+](=O)[O-])c1C. The van der Waals surface area contributed by atoms with Gasteiger partial charge in [-0.15, -0.1) is 0 Å². The lowest BCUT2D eigenvalue weighted by Crippen LogP contribution is -2.16. The van der Waals surface area contributed by atoms with Crippen LogP contribution in [-0.2, 0) is 17.9 Å². The van der Waals surface area contributed by atoms with E-state index in [1.165, 1.54) is 10.9 Å². The second kappa shape index (κ2) is 8.44. The molecule has 0 atom stereocenters. The number of nitro groups is 1. The average Bonchev–Trinajstić information content (AvgIpc) is 3.16. The molecule has 29 heavy (non-hydrogen) atoms. The molecule has 0 bridgehead atoms. The van der Waals surface area contributed by atoms with E-state index in [1.54, 1.807) is 11.6 Å². The van der Waals surface area contributed by atoms with Crippen molar-refractivity contribution in [1.29, 1.82) is 0 Å². The number of nitrogens with one attached hydrogen (secondary N) is 1. The Labute approximate surface area is 172 Å². The molecule has 2 aromatic heterocycles. The maximum absolute atomic E-state index is 12.4. The highest BCUT2D eigenvalue weighted by atomic mass is 35.5. The lowest BCUT2D eigenvalue weighted by atomic mass is 10.2. The summed E-state index contributed by atoms with van der Waals surface area (Å²) in [5.74, 6) is -0.217. The van der Waals surface area contributed by atoms with Gasteiger partial charge in [-0.25, -0.2) is 0 Å². The molecule has 2 heterocycles. The van der Waals surface area contributed by atoms with Crippen molar-refractivity contribution >= 4 is 28.9 Å². The lowest BCUT2D eigenvalue weighted by Gasteiger charge is -2.09. The van der Waals surface area contributed by atoms with Gasteiger partial charge in [-0.3, -0.25) is 24.3 Å². The molecule has 0 aliphatic heterocycles. The van der Waals surface area contributed by atoms with E-state index in [-0.39, 0.29) is 24.6 Å². The Kier molecular flexibility index (Phi) is 5.97. The van der Waals surface area contributed by atoms with Gasteiger partial charge in [0.25, 0.3) is 0 Å². The summed E-state index contributed by atoms with van der Waals surface area (Å²) in [6.45, 7) is 6.06. The van der Waals surface area contributed by atoms with Crippen molar-refractivity contribution in [2.75, 3.05) is 5.32 Å². The van der Waals surface area contributed by atoms with E-state index >= 15 is 0 Å². The van der Waals surface area contributed by atoms with Crippen molar-refractivity contribution in [3.63, 3.8) is 0 Å². The van der Waals surface area contributed by atoms with Gasteiger partial charge in [-0.1, -0.05) is 29.8 Å². The van der Waals surface area contributed by atoms with E-state index in [4.69, 9.17) is 11.6 Å². The monoisotopic (exact) mass is 416 g/mol. The molecular formula is C19H21ClN6O3. The van der Waals surface area contributed by atoms with E-state index in [2.05, 4.69) is 15.5 Å². The van der Waals surface area contributed by atoms with Gasteiger partial charge in [0.15, 0.2) is 0 Å². The lowest BCUT2D eigenvalue weighted by molar-refractivity contribution is -0.385. The first-order chi connectivity index (χ1) is 13.8. The summed E-state index contributed by atoms with van der Waals surface area (Å²) in [6, 6.07) is 7.54. The number of halogens is 1. The number of rotatable bonds is 7. The summed E-state index contributed by atoms with van der Waals surface area (Å²) in [5, 5.41) is 22.9.